The summed E-state index contributed by atoms with van der Waals surface area (Å²) >= 11 is 4.20. The highest BCUT2D eigenvalue weighted by molar-refractivity contribution is 7.80. The van der Waals surface area contributed by atoms with E-state index in [2.05, 4.69) is 31.7 Å². The van der Waals surface area contributed by atoms with Gasteiger partial charge in [0.05, 0.1) is 0 Å². The van der Waals surface area contributed by atoms with Crippen LogP contribution in [0.5, 0.6) is 0 Å². The average Bonchev–Trinajstić information content (AvgIpc) is 2.25. The Kier molecular flexibility index (Phi) is 4.99. The highest BCUT2D eigenvalue weighted by Gasteiger charge is 1.84. The van der Waals surface area contributed by atoms with E-state index < -0.39 is 0 Å². The van der Waals surface area contributed by atoms with Gasteiger partial charge in [0.15, 0.2) is 0 Å². The molecule has 2 rings (SSSR count). The Bertz CT molecular complexity index is 372. The van der Waals surface area contributed by atoms with Crippen LogP contribution in [0.25, 0.3) is 0 Å². The number of benzene rings is 2. The van der Waals surface area contributed by atoms with Crippen molar-refractivity contribution < 1.29 is 0 Å². The smallest absolute Gasteiger partial charge is 0.00692 e. The Balaban J connectivity index is 0.000000151. The van der Waals surface area contributed by atoms with Gasteiger partial charge in [-0.3, -0.25) is 0 Å². The molecule has 1 heteroatoms. The number of hydrogen-bond donors (Lipinski definition) is 1. The number of aryl methyl sites for hydroxylation is 2. The van der Waals surface area contributed by atoms with Crippen molar-refractivity contribution in [3.63, 3.8) is 0 Å². The molecule has 2 aromatic rings. The van der Waals surface area contributed by atoms with Crippen molar-refractivity contribution in [3.05, 3.63) is 65.7 Å². The standard InChI is InChI=1S/C7H8S.C7H8/c1-6-4-2-3-5-7(6)8;1-7-5-3-2-4-6-7/h2-5,8H,1H3;2-6H,1H3. The third-order valence-corrected chi connectivity index (χ3v) is 2.56. The lowest BCUT2D eigenvalue weighted by Gasteiger charge is -1.92. The Morgan fingerprint density at radius 3 is 1.60 bits per heavy atom. The third kappa shape index (κ3) is 4.71. The van der Waals surface area contributed by atoms with Gasteiger partial charge in [0.25, 0.3) is 0 Å². The minimum absolute atomic E-state index is 1.06. The van der Waals surface area contributed by atoms with Crippen molar-refractivity contribution >= 4 is 12.6 Å². The average molecular weight is 216 g/mol. The zero-order valence-electron chi connectivity index (χ0n) is 9.14. The molecule has 0 unspecified atom stereocenters. The molecule has 0 saturated carbocycles. The molecule has 0 amide bonds. The summed E-state index contributed by atoms with van der Waals surface area (Å²) in [6.07, 6.45) is 0. The maximum atomic E-state index is 4.20. The van der Waals surface area contributed by atoms with E-state index in [0.717, 1.165) is 4.90 Å². The van der Waals surface area contributed by atoms with Gasteiger partial charge < -0.3 is 0 Å². The summed E-state index contributed by atoms with van der Waals surface area (Å²) in [5.41, 5.74) is 2.55. The van der Waals surface area contributed by atoms with Gasteiger partial charge in [-0.15, -0.1) is 12.6 Å². The molecular weight excluding hydrogens is 200 g/mol. The molecule has 0 nitrogen and oxygen atoms in total. The Labute approximate surface area is 97.4 Å². The number of thiol groups is 1. The highest BCUT2D eigenvalue weighted by Crippen LogP contribution is 2.09. The number of rotatable bonds is 0. The normalized spacial score (nSPS) is 9.00. The third-order valence-electron chi connectivity index (χ3n) is 2.06. The maximum absolute atomic E-state index is 4.20. The molecule has 0 fully saturated rings. The van der Waals surface area contributed by atoms with Crippen LogP contribution in [0.3, 0.4) is 0 Å². The van der Waals surface area contributed by atoms with Crippen LogP contribution in [0.4, 0.5) is 0 Å². The fraction of sp³-hybridized carbons (Fsp3) is 0.143. The van der Waals surface area contributed by atoms with Gasteiger partial charge in [-0.2, -0.15) is 0 Å². The second-order valence-electron chi connectivity index (χ2n) is 3.44. The van der Waals surface area contributed by atoms with Crippen LogP contribution in [0, 0.1) is 13.8 Å². The molecular formula is C14H16S. The molecule has 0 saturated heterocycles. The molecule has 0 N–H and O–H groups in total. The van der Waals surface area contributed by atoms with E-state index in [1.807, 2.05) is 49.4 Å². The zero-order chi connectivity index (χ0) is 11.1. The van der Waals surface area contributed by atoms with Gasteiger partial charge in [-0.25, -0.2) is 0 Å². The van der Waals surface area contributed by atoms with E-state index in [-0.39, 0.29) is 0 Å². The van der Waals surface area contributed by atoms with Gasteiger partial charge in [-0.05, 0) is 25.5 Å². The molecule has 78 valence electrons. The zero-order valence-corrected chi connectivity index (χ0v) is 10.0. The summed E-state index contributed by atoms with van der Waals surface area (Å²) < 4.78 is 0. The molecule has 0 atom stereocenters. The Morgan fingerprint density at radius 2 is 1.27 bits per heavy atom. The minimum Gasteiger partial charge on any atom is -0.143 e. The lowest BCUT2D eigenvalue weighted by atomic mass is 10.2. The summed E-state index contributed by atoms with van der Waals surface area (Å²) in [6.45, 7) is 4.13. The van der Waals surface area contributed by atoms with Gasteiger partial charge in [0, 0.05) is 4.90 Å². The highest BCUT2D eigenvalue weighted by atomic mass is 32.1. The van der Waals surface area contributed by atoms with Crippen molar-refractivity contribution in [2.45, 2.75) is 18.7 Å². The molecule has 2 aromatic carbocycles. The molecule has 0 radical (unpaired) electrons. The van der Waals surface area contributed by atoms with Crippen molar-refractivity contribution in [1.29, 1.82) is 0 Å². The van der Waals surface area contributed by atoms with Crippen molar-refractivity contribution in [3.8, 4) is 0 Å². The minimum atomic E-state index is 1.06. The Morgan fingerprint density at radius 1 is 0.733 bits per heavy atom. The fourth-order valence-corrected chi connectivity index (χ4v) is 1.26. The summed E-state index contributed by atoms with van der Waals surface area (Å²) in [5.74, 6) is 0. The molecule has 0 aliphatic heterocycles. The van der Waals surface area contributed by atoms with Crippen LogP contribution in [0.2, 0.25) is 0 Å². The van der Waals surface area contributed by atoms with Crippen molar-refractivity contribution in [1.82, 2.24) is 0 Å². The van der Waals surface area contributed by atoms with E-state index in [9.17, 15) is 0 Å². The summed E-state index contributed by atoms with van der Waals surface area (Å²) in [4.78, 5) is 1.06. The van der Waals surface area contributed by atoms with E-state index in [1.165, 1.54) is 11.1 Å². The predicted molar refractivity (Wildman–Crippen MR) is 69.6 cm³/mol. The van der Waals surface area contributed by atoms with Crippen LogP contribution in [-0.2, 0) is 0 Å². The largest absolute Gasteiger partial charge is 0.143 e. The van der Waals surface area contributed by atoms with Crippen LogP contribution in [-0.4, -0.2) is 0 Å². The fourth-order valence-electron chi connectivity index (χ4n) is 1.10. The predicted octanol–water partition coefficient (Wildman–Crippen LogP) is 4.28. The first kappa shape index (κ1) is 11.9. The topological polar surface area (TPSA) is 0 Å². The van der Waals surface area contributed by atoms with Gasteiger partial charge in [-0.1, -0.05) is 54.1 Å². The lowest BCUT2D eigenvalue weighted by Crippen LogP contribution is -1.70. The molecule has 0 aliphatic carbocycles. The van der Waals surface area contributed by atoms with Crippen LogP contribution >= 0.6 is 12.6 Å². The summed E-state index contributed by atoms with van der Waals surface area (Å²) in [6, 6.07) is 18.3. The quantitative estimate of drug-likeness (QED) is 0.624. The molecule has 0 spiro atoms. The second kappa shape index (κ2) is 6.31. The Hall–Kier alpha value is -1.21. The molecule has 15 heavy (non-hydrogen) atoms. The monoisotopic (exact) mass is 216 g/mol. The maximum Gasteiger partial charge on any atom is 0.00692 e. The first-order chi connectivity index (χ1) is 7.20. The van der Waals surface area contributed by atoms with E-state index >= 15 is 0 Å². The van der Waals surface area contributed by atoms with Crippen LogP contribution in [0.1, 0.15) is 11.1 Å². The number of hydrogen-bond acceptors (Lipinski definition) is 1. The first-order valence-corrected chi connectivity index (χ1v) is 5.41. The second-order valence-corrected chi connectivity index (χ2v) is 3.92. The van der Waals surface area contributed by atoms with Crippen molar-refractivity contribution in [2.24, 2.45) is 0 Å². The van der Waals surface area contributed by atoms with E-state index in [1.54, 1.807) is 0 Å². The van der Waals surface area contributed by atoms with Gasteiger partial charge in [0.1, 0.15) is 0 Å². The molecule has 0 bridgehead atoms. The first-order valence-electron chi connectivity index (χ1n) is 4.96. The van der Waals surface area contributed by atoms with Crippen LogP contribution < -0.4 is 0 Å². The van der Waals surface area contributed by atoms with Crippen molar-refractivity contribution in [2.75, 3.05) is 0 Å². The van der Waals surface area contributed by atoms with Crippen LogP contribution in [0.15, 0.2) is 59.5 Å². The summed E-state index contributed by atoms with van der Waals surface area (Å²) in [7, 11) is 0. The molecule has 0 heterocycles. The van der Waals surface area contributed by atoms with E-state index in [4.69, 9.17) is 0 Å². The van der Waals surface area contributed by atoms with Gasteiger partial charge >= 0.3 is 0 Å². The van der Waals surface area contributed by atoms with E-state index in [0.29, 0.717) is 0 Å². The molecule has 0 aliphatic rings. The lowest BCUT2D eigenvalue weighted by molar-refractivity contribution is 1.31. The molecule has 0 aromatic heterocycles. The summed E-state index contributed by atoms with van der Waals surface area (Å²) in [5, 5.41) is 0. The SMILES string of the molecule is Cc1ccccc1.Cc1ccccc1S. The van der Waals surface area contributed by atoms with Gasteiger partial charge in [0.2, 0.25) is 0 Å².